The van der Waals surface area contributed by atoms with Crippen LogP contribution in [-0.4, -0.2) is 47.2 Å². The zero-order valence-electron chi connectivity index (χ0n) is 12.3. The van der Waals surface area contributed by atoms with E-state index < -0.39 is 11.5 Å². The second-order valence-corrected chi connectivity index (χ2v) is 5.45. The maximum Gasteiger partial charge on any atom is 0.329 e. The molecular weight excluding hydrogens is 256 g/mol. The van der Waals surface area contributed by atoms with Gasteiger partial charge in [0.2, 0.25) is 5.95 Å². The Bertz CT molecular complexity index is 492. The number of carbonyl (C=O) groups is 1. The van der Waals surface area contributed by atoms with Crippen molar-refractivity contribution in [3.05, 3.63) is 12.3 Å². The van der Waals surface area contributed by atoms with Gasteiger partial charge in [-0.1, -0.05) is 13.3 Å². The van der Waals surface area contributed by atoms with Crippen LogP contribution in [0.3, 0.4) is 0 Å². The highest BCUT2D eigenvalue weighted by molar-refractivity contribution is 5.84. The molecule has 20 heavy (non-hydrogen) atoms. The molecule has 0 aliphatic carbocycles. The zero-order chi connectivity index (χ0) is 14.8. The predicted molar refractivity (Wildman–Crippen MR) is 78.2 cm³/mol. The lowest BCUT2D eigenvalue weighted by Gasteiger charge is -2.35. The molecule has 6 nitrogen and oxygen atoms in total. The summed E-state index contributed by atoms with van der Waals surface area (Å²) in [5.41, 5.74) is -0.813. The average Bonchev–Trinajstić information content (AvgIpc) is 2.84. The monoisotopic (exact) mass is 278 g/mol. The molecule has 1 aliphatic heterocycles. The minimum absolute atomic E-state index is 0.602. The van der Waals surface area contributed by atoms with Crippen molar-refractivity contribution in [2.24, 2.45) is 0 Å². The molecule has 0 saturated carbocycles. The van der Waals surface area contributed by atoms with Gasteiger partial charge in [0.25, 0.3) is 0 Å². The standard InChI is InChI=1S/C14H22N4O2/c1-4-7-14(12(19)20)8-5-10-18(14)11-6-9-15-13(16-11)17(2)3/h6,9H,4-5,7-8,10H2,1-3H3,(H,19,20). The number of carboxylic acids is 1. The molecular formula is C14H22N4O2. The lowest BCUT2D eigenvalue weighted by molar-refractivity contribution is -0.143. The zero-order valence-corrected chi connectivity index (χ0v) is 12.3. The molecule has 0 bridgehead atoms. The minimum Gasteiger partial charge on any atom is -0.479 e. The normalized spacial score (nSPS) is 22.1. The molecule has 0 aromatic carbocycles. The van der Waals surface area contributed by atoms with E-state index in [1.807, 2.05) is 30.8 Å². The fraction of sp³-hybridized carbons (Fsp3) is 0.643. The van der Waals surface area contributed by atoms with Crippen molar-refractivity contribution < 1.29 is 9.90 Å². The first-order chi connectivity index (χ1) is 9.51. The Balaban J connectivity index is 2.39. The maximum absolute atomic E-state index is 11.8. The lowest BCUT2D eigenvalue weighted by Crippen LogP contribution is -2.51. The van der Waals surface area contributed by atoms with E-state index in [0.717, 1.165) is 19.4 Å². The van der Waals surface area contributed by atoms with Crippen LogP contribution in [0.15, 0.2) is 12.3 Å². The van der Waals surface area contributed by atoms with E-state index in [1.165, 1.54) is 0 Å². The Kier molecular flexibility index (Phi) is 4.11. The smallest absolute Gasteiger partial charge is 0.329 e. The number of aromatic nitrogens is 2. The highest BCUT2D eigenvalue weighted by Crippen LogP contribution is 2.37. The minimum atomic E-state index is -0.813. The van der Waals surface area contributed by atoms with Crippen molar-refractivity contribution in [3.8, 4) is 0 Å². The summed E-state index contributed by atoms with van der Waals surface area (Å²) in [5, 5.41) is 9.71. The lowest BCUT2D eigenvalue weighted by atomic mass is 9.90. The topological polar surface area (TPSA) is 69.6 Å². The highest BCUT2D eigenvalue weighted by atomic mass is 16.4. The maximum atomic E-state index is 11.8. The van der Waals surface area contributed by atoms with E-state index in [4.69, 9.17) is 0 Å². The summed E-state index contributed by atoms with van der Waals surface area (Å²) in [7, 11) is 3.75. The Hall–Kier alpha value is -1.85. The van der Waals surface area contributed by atoms with Crippen LogP contribution in [0.1, 0.15) is 32.6 Å². The number of hydrogen-bond donors (Lipinski definition) is 1. The highest BCUT2D eigenvalue weighted by Gasteiger charge is 2.47. The number of aliphatic carboxylic acids is 1. The van der Waals surface area contributed by atoms with E-state index >= 15 is 0 Å². The van der Waals surface area contributed by atoms with Crippen LogP contribution in [-0.2, 0) is 4.79 Å². The van der Waals surface area contributed by atoms with E-state index in [0.29, 0.717) is 24.6 Å². The van der Waals surface area contributed by atoms with Gasteiger partial charge in [0.15, 0.2) is 0 Å². The molecule has 1 atom stereocenters. The summed E-state index contributed by atoms with van der Waals surface area (Å²) in [4.78, 5) is 24.3. The first-order valence-corrected chi connectivity index (χ1v) is 7.02. The Labute approximate surface area is 119 Å². The summed E-state index contributed by atoms with van der Waals surface area (Å²) in [6, 6.07) is 1.80. The van der Waals surface area contributed by atoms with Gasteiger partial charge in [-0.15, -0.1) is 0 Å². The summed E-state index contributed by atoms with van der Waals surface area (Å²) in [6.45, 7) is 2.75. The first-order valence-electron chi connectivity index (χ1n) is 7.02. The van der Waals surface area contributed by atoms with E-state index in [-0.39, 0.29) is 0 Å². The predicted octanol–water partition coefficient (Wildman–Crippen LogP) is 1.77. The van der Waals surface area contributed by atoms with Crippen LogP contribution < -0.4 is 9.80 Å². The molecule has 0 amide bonds. The van der Waals surface area contributed by atoms with E-state index in [2.05, 4.69) is 9.97 Å². The van der Waals surface area contributed by atoms with Crippen molar-refractivity contribution in [1.29, 1.82) is 0 Å². The third-order valence-corrected chi connectivity index (χ3v) is 3.86. The first kappa shape index (κ1) is 14.6. The van der Waals surface area contributed by atoms with Gasteiger partial charge >= 0.3 is 5.97 Å². The Morgan fingerprint density at radius 3 is 2.90 bits per heavy atom. The molecule has 1 unspecified atom stereocenters. The summed E-state index contributed by atoms with van der Waals surface area (Å²) < 4.78 is 0. The van der Waals surface area contributed by atoms with Gasteiger partial charge in [0.05, 0.1) is 0 Å². The SMILES string of the molecule is CCCC1(C(=O)O)CCCN1c1ccnc(N(C)C)n1. The van der Waals surface area contributed by atoms with Crippen molar-refractivity contribution in [2.75, 3.05) is 30.4 Å². The van der Waals surface area contributed by atoms with Crippen molar-refractivity contribution in [1.82, 2.24) is 9.97 Å². The van der Waals surface area contributed by atoms with Crippen LogP contribution in [0.25, 0.3) is 0 Å². The summed E-state index contributed by atoms with van der Waals surface area (Å²) in [5.74, 6) is 0.559. The number of carboxylic acid groups (broad SMARTS) is 1. The van der Waals surface area contributed by atoms with Crippen molar-refractivity contribution in [3.63, 3.8) is 0 Å². The molecule has 110 valence electrons. The largest absolute Gasteiger partial charge is 0.479 e. The molecule has 1 aliphatic rings. The molecule has 1 fully saturated rings. The molecule has 1 aromatic heterocycles. The molecule has 1 N–H and O–H groups in total. The molecule has 6 heteroatoms. The second-order valence-electron chi connectivity index (χ2n) is 5.45. The van der Waals surface area contributed by atoms with Gasteiger partial charge < -0.3 is 14.9 Å². The van der Waals surface area contributed by atoms with Crippen LogP contribution in [0.4, 0.5) is 11.8 Å². The van der Waals surface area contributed by atoms with Crippen LogP contribution >= 0.6 is 0 Å². The van der Waals surface area contributed by atoms with Crippen molar-refractivity contribution >= 4 is 17.7 Å². The Morgan fingerprint density at radius 2 is 2.30 bits per heavy atom. The fourth-order valence-electron chi connectivity index (χ4n) is 2.92. The third-order valence-electron chi connectivity index (χ3n) is 3.86. The number of anilines is 2. The summed E-state index contributed by atoms with van der Waals surface area (Å²) >= 11 is 0. The number of nitrogens with zero attached hydrogens (tertiary/aromatic N) is 4. The Morgan fingerprint density at radius 1 is 1.55 bits per heavy atom. The van der Waals surface area contributed by atoms with Crippen LogP contribution in [0.5, 0.6) is 0 Å². The van der Waals surface area contributed by atoms with Gasteiger partial charge in [-0.3, -0.25) is 0 Å². The molecule has 2 rings (SSSR count). The molecule has 0 radical (unpaired) electrons. The number of rotatable bonds is 5. The number of hydrogen-bond acceptors (Lipinski definition) is 5. The molecule has 1 saturated heterocycles. The third kappa shape index (κ3) is 2.42. The van der Waals surface area contributed by atoms with Crippen LogP contribution in [0, 0.1) is 0 Å². The average molecular weight is 278 g/mol. The van der Waals surface area contributed by atoms with Gasteiger partial charge in [-0.2, -0.15) is 4.98 Å². The van der Waals surface area contributed by atoms with Gasteiger partial charge in [0, 0.05) is 26.8 Å². The van der Waals surface area contributed by atoms with E-state index in [9.17, 15) is 9.90 Å². The van der Waals surface area contributed by atoms with Crippen LogP contribution in [0.2, 0.25) is 0 Å². The van der Waals surface area contributed by atoms with Gasteiger partial charge in [0.1, 0.15) is 11.4 Å². The van der Waals surface area contributed by atoms with Crippen molar-refractivity contribution in [2.45, 2.75) is 38.1 Å². The second kappa shape index (κ2) is 5.64. The van der Waals surface area contributed by atoms with Gasteiger partial charge in [-0.05, 0) is 25.3 Å². The quantitative estimate of drug-likeness (QED) is 0.885. The molecule has 2 heterocycles. The molecule has 1 aromatic rings. The molecule has 0 spiro atoms. The van der Waals surface area contributed by atoms with Gasteiger partial charge in [-0.25, -0.2) is 9.78 Å². The fourth-order valence-corrected chi connectivity index (χ4v) is 2.92. The summed E-state index contributed by atoms with van der Waals surface area (Å²) in [6.07, 6.45) is 4.73. The van der Waals surface area contributed by atoms with E-state index in [1.54, 1.807) is 12.3 Å².